The summed E-state index contributed by atoms with van der Waals surface area (Å²) in [4.78, 5) is 34.9. The summed E-state index contributed by atoms with van der Waals surface area (Å²) in [5.74, 6) is 0.703. The van der Waals surface area contributed by atoms with E-state index in [1.54, 1.807) is 11.2 Å². The van der Waals surface area contributed by atoms with Crippen LogP contribution in [0.2, 0.25) is 0 Å². The number of hydrogen-bond acceptors (Lipinski definition) is 5. The molecule has 7 nitrogen and oxygen atoms in total. The highest BCUT2D eigenvalue weighted by Gasteiger charge is 2.22. The molecule has 0 aliphatic carbocycles. The van der Waals surface area contributed by atoms with Crippen molar-refractivity contribution in [3.63, 3.8) is 0 Å². The molecule has 1 N–H and O–H groups in total. The molecule has 1 aliphatic rings. The molecule has 0 saturated carbocycles. The minimum absolute atomic E-state index is 0.000285. The van der Waals surface area contributed by atoms with E-state index in [0.29, 0.717) is 24.4 Å². The van der Waals surface area contributed by atoms with Crippen LogP contribution in [0.3, 0.4) is 0 Å². The van der Waals surface area contributed by atoms with Gasteiger partial charge in [0.05, 0.1) is 25.9 Å². The molecule has 0 atom stereocenters. The first-order valence-corrected chi connectivity index (χ1v) is 10.3. The second-order valence-corrected chi connectivity index (χ2v) is 8.12. The van der Waals surface area contributed by atoms with Crippen molar-refractivity contribution in [3.8, 4) is 0 Å². The molecule has 1 aliphatic heterocycles. The molecule has 1 amide bonds. The number of carbonyl (C=O) groups excluding carboxylic acids is 1. The van der Waals surface area contributed by atoms with Crippen molar-refractivity contribution in [1.82, 2.24) is 19.7 Å². The number of carbonyl (C=O) groups is 1. The summed E-state index contributed by atoms with van der Waals surface area (Å²) >= 11 is 0. The Hall–Kier alpha value is -2.90. The van der Waals surface area contributed by atoms with Crippen molar-refractivity contribution in [3.05, 3.63) is 69.9 Å². The zero-order valence-electron chi connectivity index (χ0n) is 17.6. The van der Waals surface area contributed by atoms with E-state index in [0.717, 1.165) is 42.6 Å². The molecule has 3 heterocycles. The number of nitrogens with one attached hydrogen (secondary N) is 1. The second kappa shape index (κ2) is 8.85. The Balaban J connectivity index is 1.56. The number of H-pyrrole nitrogens is 1. The van der Waals surface area contributed by atoms with Crippen LogP contribution < -0.4 is 5.56 Å². The van der Waals surface area contributed by atoms with E-state index in [4.69, 9.17) is 4.42 Å². The molecule has 4 rings (SSSR count). The van der Waals surface area contributed by atoms with Gasteiger partial charge in [0, 0.05) is 37.3 Å². The summed E-state index contributed by atoms with van der Waals surface area (Å²) in [5, 5.41) is 0.967. The Labute approximate surface area is 175 Å². The Morgan fingerprint density at radius 1 is 1.13 bits per heavy atom. The summed E-state index contributed by atoms with van der Waals surface area (Å²) in [7, 11) is 2.09. The Morgan fingerprint density at radius 2 is 1.93 bits per heavy atom. The predicted octanol–water partition coefficient (Wildman–Crippen LogP) is 2.21. The molecular weight excluding hydrogens is 380 g/mol. The van der Waals surface area contributed by atoms with Crippen LogP contribution in [0.15, 0.2) is 51.9 Å². The van der Waals surface area contributed by atoms with Crippen molar-refractivity contribution >= 4 is 16.8 Å². The van der Waals surface area contributed by atoms with E-state index >= 15 is 0 Å². The molecule has 1 saturated heterocycles. The van der Waals surface area contributed by atoms with Crippen molar-refractivity contribution in [2.75, 3.05) is 39.8 Å². The van der Waals surface area contributed by atoms with Crippen molar-refractivity contribution in [1.29, 1.82) is 0 Å². The number of fused-ring (bicyclic) bond motifs is 1. The van der Waals surface area contributed by atoms with Crippen LogP contribution in [0.25, 0.3) is 10.9 Å². The van der Waals surface area contributed by atoms with Gasteiger partial charge in [-0.2, -0.15) is 0 Å². The molecule has 7 heteroatoms. The molecule has 3 aromatic rings. The third kappa shape index (κ3) is 4.80. The number of rotatable bonds is 6. The molecule has 158 valence electrons. The third-order valence-electron chi connectivity index (χ3n) is 5.67. The van der Waals surface area contributed by atoms with Crippen LogP contribution in [0.1, 0.15) is 16.9 Å². The fourth-order valence-corrected chi connectivity index (χ4v) is 3.81. The van der Waals surface area contributed by atoms with Gasteiger partial charge >= 0.3 is 0 Å². The average Bonchev–Trinajstić information content (AvgIpc) is 3.23. The van der Waals surface area contributed by atoms with Crippen LogP contribution in [-0.4, -0.2) is 65.4 Å². The summed E-state index contributed by atoms with van der Waals surface area (Å²) in [6, 6.07) is 11.5. The first-order chi connectivity index (χ1) is 14.5. The smallest absolute Gasteiger partial charge is 0.253 e. The predicted molar refractivity (Wildman–Crippen MR) is 116 cm³/mol. The quantitative estimate of drug-likeness (QED) is 0.677. The minimum atomic E-state index is -0.164. The van der Waals surface area contributed by atoms with Crippen molar-refractivity contribution < 1.29 is 9.21 Å². The Bertz CT molecular complexity index is 1070. The number of aryl methyl sites for hydroxylation is 1. The third-order valence-corrected chi connectivity index (χ3v) is 5.67. The highest BCUT2D eigenvalue weighted by atomic mass is 16.3. The lowest BCUT2D eigenvalue weighted by molar-refractivity contribution is -0.134. The van der Waals surface area contributed by atoms with E-state index in [1.165, 1.54) is 0 Å². The molecule has 0 radical (unpaired) electrons. The largest absolute Gasteiger partial charge is 0.467 e. The molecule has 1 aromatic carbocycles. The number of furan rings is 1. The van der Waals surface area contributed by atoms with Crippen LogP contribution in [0.4, 0.5) is 0 Å². The number of hydrogen-bond donors (Lipinski definition) is 1. The highest BCUT2D eigenvalue weighted by molar-refractivity contribution is 5.80. The normalized spacial score (nSPS) is 15.5. The average molecular weight is 409 g/mol. The first-order valence-electron chi connectivity index (χ1n) is 10.3. The first kappa shape index (κ1) is 20.4. The van der Waals surface area contributed by atoms with E-state index in [1.807, 2.05) is 43.3 Å². The molecule has 1 fully saturated rings. The van der Waals surface area contributed by atoms with Gasteiger partial charge in [0.1, 0.15) is 5.76 Å². The molecule has 2 aromatic heterocycles. The molecule has 0 unspecified atom stereocenters. The van der Waals surface area contributed by atoms with E-state index in [2.05, 4.69) is 21.8 Å². The maximum atomic E-state index is 13.2. The zero-order valence-corrected chi connectivity index (χ0v) is 17.6. The topological polar surface area (TPSA) is 72.8 Å². The van der Waals surface area contributed by atoms with Gasteiger partial charge in [-0.25, -0.2) is 0 Å². The van der Waals surface area contributed by atoms with Gasteiger partial charge < -0.3 is 19.2 Å². The van der Waals surface area contributed by atoms with E-state index in [-0.39, 0.29) is 18.0 Å². The number of benzene rings is 1. The lowest BCUT2D eigenvalue weighted by Gasteiger charge is -2.33. The molecule has 0 bridgehead atoms. The lowest BCUT2D eigenvalue weighted by Crippen LogP contribution is -2.48. The highest BCUT2D eigenvalue weighted by Crippen LogP contribution is 2.16. The van der Waals surface area contributed by atoms with Crippen LogP contribution in [0, 0.1) is 6.92 Å². The van der Waals surface area contributed by atoms with Gasteiger partial charge in [0.15, 0.2) is 0 Å². The van der Waals surface area contributed by atoms with Crippen LogP contribution in [-0.2, 0) is 17.9 Å². The number of aromatic nitrogens is 1. The number of pyridine rings is 1. The SMILES string of the molecule is Cc1ccc2[nH]c(=O)c(CN(Cc3ccco3)C(=O)CN3CCN(C)CC3)cc2c1. The fourth-order valence-electron chi connectivity index (χ4n) is 3.81. The van der Waals surface area contributed by atoms with Gasteiger partial charge in [-0.05, 0) is 49.7 Å². The van der Waals surface area contributed by atoms with Gasteiger partial charge in [-0.15, -0.1) is 0 Å². The summed E-state index contributed by atoms with van der Waals surface area (Å²) in [5.41, 5.74) is 2.34. The van der Waals surface area contributed by atoms with Crippen LogP contribution >= 0.6 is 0 Å². The second-order valence-electron chi connectivity index (χ2n) is 8.12. The summed E-state index contributed by atoms with van der Waals surface area (Å²) in [6.45, 7) is 6.59. The van der Waals surface area contributed by atoms with Crippen molar-refractivity contribution in [2.24, 2.45) is 0 Å². The lowest BCUT2D eigenvalue weighted by atomic mass is 10.1. The number of aromatic amines is 1. The number of likely N-dealkylation sites (N-methyl/N-ethyl adjacent to an activating group) is 1. The van der Waals surface area contributed by atoms with Crippen LogP contribution in [0.5, 0.6) is 0 Å². The van der Waals surface area contributed by atoms with E-state index < -0.39 is 0 Å². The monoisotopic (exact) mass is 408 g/mol. The Kier molecular flexibility index (Phi) is 6.01. The fraction of sp³-hybridized carbons (Fsp3) is 0.391. The van der Waals surface area contributed by atoms with Gasteiger partial charge in [-0.3, -0.25) is 14.5 Å². The van der Waals surface area contributed by atoms with E-state index in [9.17, 15) is 9.59 Å². The molecule has 0 spiro atoms. The van der Waals surface area contributed by atoms with Crippen molar-refractivity contribution in [2.45, 2.75) is 20.0 Å². The zero-order chi connectivity index (χ0) is 21.1. The Morgan fingerprint density at radius 3 is 2.67 bits per heavy atom. The summed E-state index contributed by atoms with van der Waals surface area (Å²) < 4.78 is 5.47. The maximum absolute atomic E-state index is 13.2. The number of piperazine rings is 1. The van der Waals surface area contributed by atoms with Gasteiger partial charge in [0.2, 0.25) is 5.91 Å². The number of nitrogens with zero attached hydrogens (tertiary/aromatic N) is 3. The standard InChI is InChI=1S/C23H28N4O3/c1-17-5-6-21-18(12-17)13-19(23(29)24-21)14-27(15-20-4-3-11-30-20)22(28)16-26-9-7-25(2)8-10-26/h3-6,11-13H,7-10,14-16H2,1-2H3,(H,24,29). The summed E-state index contributed by atoms with van der Waals surface area (Å²) in [6.07, 6.45) is 1.60. The molecular formula is C23H28N4O3. The minimum Gasteiger partial charge on any atom is -0.467 e. The van der Waals surface area contributed by atoms with Gasteiger partial charge in [-0.1, -0.05) is 11.6 Å². The molecule has 30 heavy (non-hydrogen) atoms. The van der Waals surface area contributed by atoms with Gasteiger partial charge in [0.25, 0.3) is 5.56 Å². The number of amides is 1. The maximum Gasteiger partial charge on any atom is 0.253 e.